The van der Waals surface area contributed by atoms with Gasteiger partial charge in [-0.05, 0) is 29.8 Å². The van der Waals surface area contributed by atoms with Gasteiger partial charge < -0.3 is 0 Å². The number of nitrogens with zero attached hydrogens (tertiary/aromatic N) is 2. The molecule has 0 aliphatic carbocycles. The molecule has 0 saturated heterocycles. The maximum absolute atomic E-state index is 12.7. The molecule has 7 heteroatoms. The average molecular weight is 328 g/mol. The second kappa shape index (κ2) is 5.69. The first kappa shape index (κ1) is 15.0. The highest BCUT2D eigenvalue weighted by molar-refractivity contribution is 7.90. The van der Waals surface area contributed by atoms with Gasteiger partial charge in [-0.1, -0.05) is 30.3 Å². The van der Waals surface area contributed by atoms with Crippen LogP contribution < -0.4 is 0 Å². The number of hydrogen-bond acceptors (Lipinski definition) is 4. The summed E-state index contributed by atoms with van der Waals surface area (Å²) in [6.07, 6.45) is 3.64. The summed E-state index contributed by atoms with van der Waals surface area (Å²) < 4.78 is 26.6. The highest BCUT2D eigenvalue weighted by Crippen LogP contribution is 2.25. The van der Waals surface area contributed by atoms with Crippen molar-refractivity contribution >= 4 is 27.0 Å². The summed E-state index contributed by atoms with van der Waals surface area (Å²) in [6, 6.07) is 14.8. The number of rotatable bonds is 4. The van der Waals surface area contributed by atoms with Crippen LogP contribution in [0.5, 0.6) is 0 Å². The van der Waals surface area contributed by atoms with E-state index in [1.165, 1.54) is 28.4 Å². The molecule has 0 unspecified atom stereocenters. The predicted octanol–water partition coefficient (Wildman–Crippen LogP) is 3.13. The lowest BCUT2D eigenvalue weighted by Crippen LogP contribution is -2.11. The predicted molar refractivity (Wildman–Crippen MR) is 87.0 cm³/mol. The van der Waals surface area contributed by atoms with Crippen molar-refractivity contribution in [3.05, 3.63) is 82.7 Å². The van der Waals surface area contributed by atoms with E-state index in [-0.39, 0.29) is 4.90 Å². The molecule has 1 heterocycles. The van der Waals surface area contributed by atoms with E-state index >= 15 is 0 Å². The Morgan fingerprint density at radius 3 is 2.43 bits per heavy atom. The molecule has 0 amide bonds. The molecule has 0 aliphatic heterocycles. The van der Waals surface area contributed by atoms with Crippen molar-refractivity contribution in [2.45, 2.75) is 4.90 Å². The third kappa shape index (κ3) is 2.74. The van der Waals surface area contributed by atoms with Crippen molar-refractivity contribution in [3.8, 4) is 0 Å². The van der Waals surface area contributed by atoms with Crippen molar-refractivity contribution in [1.29, 1.82) is 0 Å². The molecule has 6 nitrogen and oxygen atoms in total. The Morgan fingerprint density at radius 1 is 1.00 bits per heavy atom. The van der Waals surface area contributed by atoms with Gasteiger partial charge in [0.15, 0.2) is 0 Å². The summed E-state index contributed by atoms with van der Waals surface area (Å²) in [5.41, 5.74) is 1.06. The normalized spacial score (nSPS) is 12.0. The number of benzene rings is 2. The molecule has 1 aromatic heterocycles. The van der Waals surface area contributed by atoms with Crippen LogP contribution in [0.4, 0.5) is 0 Å². The number of aromatic nitrogens is 1. The lowest BCUT2D eigenvalue weighted by Gasteiger charge is -2.07. The molecular weight excluding hydrogens is 316 g/mol. The van der Waals surface area contributed by atoms with Crippen LogP contribution in [0.25, 0.3) is 17.0 Å². The molecule has 3 rings (SSSR count). The zero-order valence-corrected chi connectivity index (χ0v) is 12.7. The van der Waals surface area contributed by atoms with Crippen LogP contribution in [-0.4, -0.2) is 17.3 Å². The lowest BCUT2D eigenvalue weighted by atomic mass is 10.1. The summed E-state index contributed by atoms with van der Waals surface area (Å²) in [7, 11) is -3.71. The largest absolute Gasteiger partial charge is 0.268 e. The summed E-state index contributed by atoms with van der Waals surface area (Å²) in [4.78, 5) is 10.1. The zero-order chi connectivity index (χ0) is 16.4. The van der Waals surface area contributed by atoms with Gasteiger partial charge in [0.05, 0.1) is 15.3 Å². The van der Waals surface area contributed by atoms with Crippen LogP contribution >= 0.6 is 0 Å². The summed E-state index contributed by atoms with van der Waals surface area (Å²) in [5, 5.41) is 11.1. The molecule has 0 fully saturated rings. The second-order valence-corrected chi connectivity index (χ2v) is 6.63. The van der Waals surface area contributed by atoms with Crippen LogP contribution in [0.3, 0.4) is 0 Å². The summed E-state index contributed by atoms with van der Waals surface area (Å²) >= 11 is 0. The Kier molecular flexibility index (Phi) is 3.71. The molecule has 0 N–H and O–H groups in total. The Morgan fingerprint density at radius 2 is 1.74 bits per heavy atom. The van der Waals surface area contributed by atoms with Gasteiger partial charge in [0.2, 0.25) is 6.20 Å². The fraction of sp³-hybridized carbons (Fsp3) is 0. The first-order chi connectivity index (χ1) is 11.0. The molecule has 0 radical (unpaired) electrons. The zero-order valence-electron chi connectivity index (χ0n) is 11.9. The number of nitro groups is 1. The van der Waals surface area contributed by atoms with Crippen LogP contribution in [0, 0.1) is 10.1 Å². The summed E-state index contributed by atoms with van der Waals surface area (Å²) in [5.74, 6) is 0. The third-order valence-corrected chi connectivity index (χ3v) is 5.11. The van der Waals surface area contributed by atoms with Gasteiger partial charge in [-0.15, -0.1) is 0 Å². The summed E-state index contributed by atoms with van der Waals surface area (Å²) in [6.45, 7) is 0. The van der Waals surface area contributed by atoms with E-state index in [0.29, 0.717) is 16.5 Å². The minimum absolute atomic E-state index is 0.184. The Labute approximate surface area is 132 Å². The van der Waals surface area contributed by atoms with Crippen molar-refractivity contribution in [3.63, 3.8) is 0 Å². The maximum Gasteiger partial charge on any atom is 0.268 e. The molecule has 0 bridgehead atoms. The smallest absolute Gasteiger partial charge is 0.259 e. The van der Waals surface area contributed by atoms with Gasteiger partial charge in [0.1, 0.15) is 0 Å². The van der Waals surface area contributed by atoms with E-state index < -0.39 is 14.9 Å². The quantitative estimate of drug-likeness (QED) is 0.544. The van der Waals surface area contributed by atoms with E-state index in [9.17, 15) is 18.5 Å². The van der Waals surface area contributed by atoms with Crippen LogP contribution in [0.1, 0.15) is 5.56 Å². The average Bonchev–Trinajstić information content (AvgIpc) is 2.99. The Hall–Kier alpha value is -2.93. The fourth-order valence-electron chi connectivity index (χ4n) is 2.37. The standard InChI is InChI=1S/C16H12N2O4S/c19-18(20)12-9-13-5-4-8-16-15(13)10-11-17(16)23(21,22)14-6-2-1-3-7-14/h1-12H. The van der Waals surface area contributed by atoms with Gasteiger partial charge in [-0.2, -0.15) is 0 Å². The van der Waals surface area contributed by atoms with Gasteiger partial charge in [0, 0.05) is 17.7 Å². The van der Waals surface area contributed by atoms with E-state index in [1.54, 1.807) is 42.5 Å². The van der Waals surface area contributed by atoms with Crippen molar-refractivity contribution in [1.82, 2.24) is 3.97 Å². The van der Waals surface area contributed by atoms with E-state index in [1.807, 2.05) is 0 Å². The maximum atomic E-state index is 12.7. The third-order valence-electron chi connectivity index (χ3n) is 3.41. The van der Waals surface area contributed by atoms with E-state index in [2.05, 4.69) is 0 Å². The molecular formula is C16H12N2O4S. The SMILES string of the molecule is O=[N+]([O-])C=Cc1cccc2c1ccn2S(=O)(=O)c1ccccc1. The molecule has 3 aromatic rings. The molecule has 23 heavy (non-hydrogen) atoms. The lowest BCUT2D eigenvalue weighted by molar-refractivity contribution is -0.400. The van der Waals surface area contributed by atoms with Crippen LogP contribution in [0.15, 0.2) is 71.9 Å². The Balaban J connectivity index is 2.18. The van der Waals surface area contributed by atoms with Crippen molar-refractivity contribution in [2.24, 2.45) is 0 Å². The second-order valence-electron chi connectivity index (χ2n) is 4.81. The molecule has 2 aromatic carbocycles. The van der Waals surface area contributed by atoms with Crippen LogP contribution in [0.2, 0.25) is 0 Å². The highest BCUT2D eigenvalue weighted by Gasteiger charge is 2.18. The first-order valence-electron chi connectivity index (χ1n) is 6.72. The van der Waals surface area contributed by atoms with Crippen molar-refractivity contribution in [2.75, 3.05) is 0 Å². The topological polar surface area (TPSA) is 82.2 Å². The first-order valence-corrected chi connectivity index (χ1v) is 8.16. The minimum atomic E-state index is -3.71. The Bertz CT molecular complexity index is 1000. The van der Waals surface area contributed by atoms with Gasteiger partial charge in [0.25, 0.3) is 10.0 Å². The fourth-order valence-corrected chi connectivity index (χ4v) is 3.74. The van der Waals surface area contributed by atoms with Gasteiger partial charge in [-0.25, -0.2) is 12.4 Å². The number of fused-ring (bicyclic) bond motifs is 1. The van der Waals surface area contributed by atoms with Gasteiger partial charge in [-0.3, -0.25) is 10.1 Å². The highest BCUT2D eigenvalue weighted by atomic mass is 32.2. The molecule has 0 atom stereocenters. The van der Waals surface area contributed by atoms with E-state index in [0.717, 1.165) is 6.20 Å². The molecule has 0 aliphatic rings. The molecule has 0 spiro atoms. The number of hydrogen-bond donors (Lipinski definition) is 0. The minimum Gasteiger partial charge on any atom is -0.259 e. The van der Waals surface area contributed by atoms with E-state index in [4.69, 9.17) is 0 Å². The monoisotopic (exact) mass is 328 g/mol. The van der Waals surface area contributed by atoms with Crippen molar-refractivity contribution < 1.29 is 13.3 Å². The van der Waals surface area contributed by atoms with Gasteiger partial charge >= 0.3 is 0 Å². The van der Waals surface area contributed by atoms with Crippen LogP contribution in [-0.2, 0) is 10.0 Å². The molecule has 116 valence electrons. The molecule has 0 saturated carbocycles.